The summed E-state index contributed by atoms with van der Waals surface area (Å²) in [7, 11) is 0. The second-order valence-corrected chi connectivity index (χ2v) is 3.18. The number of nitrogens with zero attached hydrogens (tertiary/aromatic N) is 4. The first-order chi connectivity index (χ1) is 7.93. The van der Waals surface area contributed by atoms with Crippen molar-refractivity contribution in [3.8, 4) is 0 Å². The van der Waals surface area contributed by atoms with Crippen LogP contribution in [0.3, 0.4) is 0 Å². The van der Waals surface area contributed by atoms with Crippen LogP contribution in [0.25, 0.3) is 0 Å². The Morgan fingerprint density at radius 2 is 2.11 bits per heavy atom. The molecule has 92 valence electrons. The third-order valence-corrected chi connectivity index (χ3v) is 2.26. The third-order valence-electron chi connectivity index (χ3n) is 2.26. The number of fused-ring (bicyclic) bond motifs is 1. The molecule has 12 heteroatoms. The van der Waals surface area contributed by atoms with Crippen molar-refractivity contribution in [3.05, 3.63) is 48.6 Å². The summed E-state index contributed by atoms with van der Waals surface area (Å²) in [5, 5.41) is 44.9. The fraction of sp³-hybridized carbons (Fsp3) is 0.333. The molecule has 0 bridgehead atoms. The molecule has 0 saturated carbocycles. The zero-order valence-corrected chi connectivity index (χ0v) is 12.0. The van der Waals surface area contributed by atoms with Crippen LogP contribution in [0.5, 0.6) is 0 Å². The largest absolute Gasteiger partial charge is 1.00 e. The van der Waals surface area contributed by atoms with Gasteiger partial charge in [-0.05, 0) is 4.90 Å². The van der Waals surface area contributed by atoms with E-state index in [2.05, 4.69) is 9.79 Å². The molecule has 2 atom stereocenters. The number of hydrogen-bond donors (Lipinski definition) is 1. The van der Waals surface area contributed by atoms with E-state index in [1.807, 2.05) is 0 Å². The van der Waals surface area contributed by atoms with Gasteiger partial charge in [0.1, 0.15) is 0 Å². The first kappa shape index (κ1) is 15.1. The summed E-state index contributed by atoms with van der Waals surface area (Å²) in [6, 6.07) is -1.69. The Morgan fingerprint density at radius 3 is 2.61 bits per heavy atom. The summed E-state index contributed by atoms with van der Waals surface area (Å²) in [5.41, 5.74) is -1.93. The third kappa shape index (κ3) is 2.30. The van der Waals surface area contributed by atoms with Crippen LogP contribution in [0, 0.1) is 25.4 Å². The van der Waals surface area contributed by atoms with Crippen molar-refractivity contribution in [3.63, 3.8) is 0 Å². The van der Waals surface area contributed by atoms with Crippen LogP contribution in [0.15, 0.2) is 16.4 Å². The van der Waals surface area contributed by atoms with Gasteiger partial charge < -0.3 is 11.7 Å². The maximum atomic E-state index is 11.1. The van der Waals surface area contributed by atoms with Gasteiger partial charge in [0.15, 0.2) is 0 Å². The number of nitro groups is 2. The van der Waals surface area contributed by atoms with Crippen LogP contribution in [0.2, 0.25) is 0 Å². The molecule has 0 fully saturated rings. The predicted molar refractivity (Wildman–Crippen MR) is 46.3 cm³/mol. The summed E-state index contributed by atoms with van der Waals surface area (Å²) in [4.78, 5) is 19.1. The molecule has 0 saturated heterocycles. The van der Waals surface area contributed by atoms with Crippen LogP contribution >= 0.6 is 0 Å². The van der Waals surface area contributed by atoms with E-state index in [1.165, 1.54) is 0 Å². The van der Waals surface area contributed by atoms with Gasteiger partial charge in [-0.2, -0.15) is 0 Å². The first-order valence-corrected chi connectivity index (χ1v) is 4.20. The second kappa shape index (κ2) is 5.37. The van der Waals surface area contributed by atoms with Gasteiger partial charge in [-0.3, -0.25) is 24.9 Å². The smallest absolute Gasteiger partial charge is 1.00 e. The van der Waals surface area contributed by atoms with E-state index in [4.69, 9.17) is 0 Å². The fourth-order valence-corrected chi connectivity index (χ4v) is 1.50. The molecule has 0 spiro atoms. The molecular weight excluding hydrogens is 279 g/mol. The minimum atomic E-state index is -1.90. The summed E-state index contributed by atoms with van der Waals surface area (Å²) in [6.07, 6.45) is -1.28. The maximum Gasteiger partial charge on any atom is 1.00 e. The fourth-order valence-electron chi connectivity index (χ4n) is 1.50. The van der Waals surface area contributed by atoms with E-state index < -0.39 is 39.1 Å². The Labute approximate surface area is 142 Å². The Hall–Kier alpha value is -0.924. The summed E-state index contributed by atoms with van der Waals surface area (Å²) in [5.74, 6) is 0. The topological polar surface area (TPSA) is 159 Å². The average Bonchev–Trinajstić information content (AvgIpc) is 2.61. The molecule has 1 N–H and O–H groups in total. The number of aromatic nitrogens is 2. The van der Waals surface area contributed by atoms with Gasteiger partial charge in [-0.25, -0.2) is 0 Å². The minimum absolute atomic E-state index is 0. The summed E-state index contributed by atoms with van der Waals surface area (Å²) in [6.45, 7) is 0. The van der Waals surface area contributed by atoms with Gasteiger partial charge in [-0.15, -0.1) is 0 Å². The SMILES string of the molecule is O=[N+]([O-])C1=CC([N+](=O)[O-])c2no[n+]([O-])c2C1O.[H-].[K+]. The van der Waals surface area contributed by atoms with Gasteiger partial charge in [-0.1, -0.05) is 0 Å². The molecule has 18 heavy (non-hydrogen) atoms. The van der Waals surface area contributed by atoms with Crippen LogP contribution in [-0.2, 0) is 0 Å². The standard InChI is InChI=1S/C6H4N4O7.K.H/c11-6-3(9(14)15)1-2(8(12)13)4-5(6)10(16)17-7-4;;/h1-2,6,11H;;/q;+1;-1. The molecule has 0 aliphatic heterocycles. The summed E-state index contributed by atoms with van der Waals surface area (Å²) < 4.78 is 4.09. The van der Waals surface area contributed by atoms with Crippen LogP contribution in [0.4, 0.5) is 0 Å². The Bertz CT molecular complexity index is 546. The molecule has 1 aliphatic carbocycles. The molecule has 0 amide bonds. The zero-order chi connectivity index (χ0) is 12.7. The van der Waals surface area contributed by atoms with Crippen molar-refractivity contribution >= 4 is 0 Å². The van der Waals surface area contributed by atoms with Crippen molar-refractivity contribution < 1.29 is 77.3 Å². The van der Waals surface area contributed by atoms with Crippen molar-refractivity contribution in [2.75, 3.05) is 0 Å². The van der Waals surface area contributed by atoms with Crippen LogP contribution in [0.1, 0.15) is 25.0 Å². The average molecular weight is 284 g/mol. The van der Waals surface area contributed by atoms with E-state index in [0.29, 0.717) is 6.08 Å². The maximum absolute atomic E-state index is 11.1. The van der Waals surface area contributed by atoms with Crippen molar-refractivity contribution in [2.45, 2.75) is 12.1 Å². The molecule has 11 nitrogen and oxygen atoms in total. The van der Waals surface area contributed by atoms with Gasteiger partial charge in [0, 0.05) is 10.1 Å². The Morgan fingerprint density at radius 1 is 1.50 bits per heavy atom. The Kier molecular flexibility index (Phi) is 4.52. The molecular formula is C6H5KN4O7. The van der Waals surface area contributed by atoms with Gasteiger partial charge in [0.25, 0.3) is 5.70 Å². The Balaban J connectivity index is 0.00000162. The van der Waals surface area contributed by atoms with Crippen molar-refractivity contribution in [1.82, 2.24) is 5.16 Å². The predicted octanol–water partition coefficient (Wildman–Crippen LogP) is -4.05. The monoisotopic (exact) mass is 284 g/mol. The molecule has 0 aromatic carbocycles. The second-order valence-electron chi connectivity index (χ2n) is 3.18. The van der Waals surface area contributed by atoms with Gasteiger partial charge >= 0.3 is 63.1 Å². The number of aliphatic hydroxyl groups is 1. The summed E-state index contributed by atoms with van der Waals surface area (Å²) >= 11 is 0. The number of aliphatic hydroxyl groups excluding tert-OH is 1. The van der Waals surface area contributed by atoms with Crippen LogP contribution < -0.4 is 56.3 Å². The normalized spacial score (nSPS) is 21.5. The van der Waals surface area contributed by atoms with E-state index in [0.717, 1.165) is 0 Å². The quantitative estimate of drug-likeness (QED) is 0.248. The number of hydrogen-bond acceptors (Lipinski definition) is 8. The van der Waals surface area contributed by atoms with Crippen LogP contribution in [-0.4, -0.2) is 20.1 Å². The van der Waals surface area contributed by atoms with Crippen molar-refractivity contribution in [2.24, 2.45) is 0 Å². The van der Waals surface area contributed by atoms with Crippen molar-refractivity contribution in [1.29, 1.82) is 0 Å². The molecule has 0 radical (unpaired) electrons. The molecule has 1 aromatic rings. The van der Waals surface area contributed by atoms with E-state index in [1.54, 1.807) is 0 Å². The van der Waals surface area contributed by atoms with Gasteiger partial charge in [0.05, 0.1) is 11.0 Å². The minimum Gasteiger partial charge on any atom is -1.00 e. The van der Waals surface area contributed by atoms with E-state index in [9.17, 15) is 30.5 Å². The molecule has 1 aromatic heterocycles. The molecule has 2 rings (SSSR count). The molecule has 1 aliphatic rings. The molecule has 2 unspecified atom stereocenters. The van der Waals surface area contributed by atoms with E-state index in [-0.39, 0.29) is 57.7 Å². The first-order valence-electron chi connectivity index (χ1n) is 4.20. The number of rotatable bonds is 2. The molecule has 1 heterocycles. The van der Waals surface area contributed by atoms with E-state index >= 15 is 0 Å². The zero-order valence-electron chi connectivity index (χ0n) is 9.92. The van der Waals surface area contributed by atoms with Gasteiger partial charge in [0.2, 0.25) is 11.8 Å².